The molecule has 198 valence electrons. The molecule has 2 amide bonds. The Kier molecular flexibility index (Phi) is 7.70. The van der Waals surface area contributed by atoms with Gasteiger partial charge in [-0.15, -0.1) is 0 Å². The molecule has 2 bridgehead atoms. The Morgan fingerprint density at radius 3 is 2.44 bits per heavy atom. The number of hydrogen-bond donors (Lipinski definition) is 1. The zero-order chi connectivity index (χ0) is 25.3. The first-order valence-electron chi connectivity index (χ1n) is 14.0. The molecule has 3 atom stereocenters. The summed E-state index contributed by atoms with van der Waals surface area (Å²) >= 11 is 0. The number of benzene rings is 1. The van der Waals surface area contributed by atoms with Crippen molar-refractivity contribution >= 4 is 11.8 Å². The van der Waals surface area contributed by atoms with E-state index < -0.39 is 11.9 Å². The zero-order valence-corrected chi connectivity index (χ0v) is 22.0. The van der Waals surface area contributed by atoms with Crippen LogP contribution in [0.25, 0.3) is 0 Å². The van der Waals surface area contributed by atoms with Crippen molar-refractivity contribution in [2.24, 2.45) is 11.7 Å². The van der Waals surface area contributed by atoms with Crippen LogP contribution in [0.1, 0.15) is 93.5 Å². The number of rotatable bonds is 8. The maximum Gasteiger partial charge on any atom is 0.254 e. The predicted octanol–water partition coefficient (Wildman–Crippen LogP) is 4.06. The number of piperidine rings is 1. The van der Waals surface area contributed by atoms with Crippen LogP contribution in [0.5, 0.6) is 0 Å². The van der Waals surface area contributed by atoms with Crippen LogP contribution in [0.3, 0.4) is 0 Å². The van der Waals surface area contributed by atoms with Crippen molar-refractivity contribution in [3.63, 3.8) is 0 Å². The van der Waals surface area contributed by atoms with E-state index >= 15 is 0 Å². The lowest BCUT2D eigenvalue weighted by Gasteiger charge is -2.41. The summed E-state index contributed by atoms with van der Waals surface area (Å²) in [6.45, 7) is 6.61. The molecule has 5 rings (SSSR count). The van der Waals surface area contributed by atoms with E-state index in [1.807, 2.05) is 26.0 Å². The number of carbonyl (C=O) groups is 2. The third kappa shape index (κ3) is 5.79. The van der Waals surface area contributed by atoms with Crippen molar-refractivity contribution in [1.82, 2.24) is 9.80 Å². The van der Waals surface area contributed by atoms with Crippen molar-refractivity contribution in [2.45, 2.75) is 102 Å². The molecule has 2 N–H and O–H groups in total. The number of ether oxygens (including phenoxy) is 2. The highest BCUT2D eigenvalue weighted by Gasteiger charge is 2.43. The second kappa shape index (κ2) is 10.8. The summed E-state index contributed by atoms with van der Waals surface area (Å²) < 4.78 is 11.7. The van der Waals surface area contributed by atoms with E-state index in [-0.39, 0.29) is 11.8 Å². The summed E-state index contributed by atoms with van der Waals surface area (Å²) in [4.78, 5) is 30.0. The van der Waals surface area contributed by atoms with Gasteiger partial charge in [-0.25, -0.2) is 0 Å². The SMILES string of the molecule is CC1(C)OC[C@H](C(=O)N(CCN2C3CCC2CC(c2cccc(C(N)=O)c2)C3)CC2CCCCC2)O1. The van der Waals surface area contributed by atoms with E-state index in [1.165, 1.54) is 50.5 Å². The van der Waals surface area contributed by atoms with Gasteiger partial charge in [0.1, 0.15) is 0 Å². The topological polar surface area (TPSA) is 85.1 Å². The van der Waals surface area contributed by atoms with Crippen LogP contribution in [0, 0.1) is 5.92 Å². The quantitative estimate of drug-likeness (QED) is 0.586. The van der Waals surface area contributed by atoms with Crippen molar-refractivity contribution in [3.05, 3.63) is 35.4 Å². The van der Waals surface area contributed by atoms with E-state index in [4.69, 9.17) is 15.2 Å². The van der Waals surface area contributed by atoms with Crippen molar-refractivity contribution in [2.75, 3.05) is 26.2 Å². The molecule has 1 aliphatic carbocycles. The summed E-state index contributed by atoms with van der Waals surface area (Å²) in [5, 5.41) is 0. The molecule has 7 heteroatoms. The minimum atomic E-state index is -0.691. The Morgan fingerprint density at radius 1 is 1.08 bits per heavy atom. The first kappa shape index (κ1) is 25.7. The maximum absolute atomic E-state index is 13.5. The number of fused-ring (bicyclic) bond motifs is 2. The first-order valence-corrected chi connectivity index (χ1v) is 14.0. The Balaban J connectivity index is 1.23. The molecule has 1 saturated carbocycles. The fourth-order valence-corrected chi connectivity index (χ4v) is 7.08. The highest BCUT2D eigenvalue weighted by molar-refractivity contribution is 5.92. The Hall–Kier alpha value is -1.96. The molecule has 2 unspecified atom stereocenters. The molecular weight excluding hydrogens is 454 g/mol. The minimum Gasteiger partial charge on any atom is -0.366 e. The number of hydrogen-bond acceptors (Lipinski definition) is 5. The Morgan fingerprint density at radius 2 is 1.81 bits per heavy atom. The second-order valence-electron chi connectivity index (χ2n) is 11.9. The molecule has 0 aromatic heterocycles. The van der Waals surface area contributed by atoms with Crippen molar-refractivity contribution in [3.8, 4) is 0 Å². The van der Waals surface area contributed by atoms with Gasteiger partial charge in [0.05, 0.1) is 6.61 Å². The molecule has 1 aromatic rings. The average molecular weight is 498 g/mol. The molecule has 3 aliphatic heterocycles. The fourth-order valence-electron chi connectivity index (χ4n) is 7.08. The van der Waals surface area contributed by atoms with Crippen molar-refractivity contribution in [1.29, 1.82) is 0 Å². The second-order valence-corrected chi connectivity index (χ2v) is 11.9. The fraction of sp³-hybridized carbons (Fsp3) is 0.724. The van der Waals surface area contributed by atoms with E-state index in [2.05, 4.69) is 15.9 Å². The number of nitrogens with two attached hydrogens (primary N) is 1. The van der Waals surface area contributed by atoms with Crippen LogP contribution in [0.15, 0.2) is 24.3 Å². The lowest BCUT2D eigenvalue weighted by atomic mass is 9.84. The van der Waals surface area contributed by atoms with E-state index in [9.17, 15) is 9.59 Å². The third-order valence-electron chi connectivity index (χ3n) is 8.95. The lowest BCUT2D eigenvalue weighted by Crippen LogP contribution is -2.50. The molecule has 3 saturated heterocycles. The zero-order valence-electron chi connectivity index (χ0n) is 22.0. The largest absolute Gasteiger partial charge is 0.366 e. The van der Waals surface area contributed by atoms with Crippen LogP contribution >= 0.6 is 0 Å². The predicted molar refractivity (Wildman–Crippen MR) is 139 cm³/mol. The van der Waals surface area contributed by atoms with Gasteiger partial charge in [0, 0.05) is 37.3 Å². The molecule has 1 aromatic carbocycles. The van der Waals surface area contributed by atoms with Gasteiger partial charge in [-0.2, -0.15) is 0 Å². The third-order valence-corrected chi connectivity index (χ3v) is 8.95. The lowest BCUT2D eigenvalue weighted by molar-refractivity contribution is -0.161. The van der Waals surface area contributed by atoms with E-state index in [1.54, 1.807) is 6.07 Å². The summed E-state index contributed by atoms with van der Waals surface area (Å²) in [5.74, 6) is 0.0999. The molecule has 3 heterocycles. The molecular formula is C29H43N3O4. The summed E-state index contributed by atoms with van der Waals surface area (Å²) in [6, 6.07) is 8.94. The van der Waals surface area contributed by atoms with Crippen LogP contribution in [-0.2, 0) is 14.3 Å². The van der Waals surface area contributed by atoms with Crippen LogP contribution < -0.4 is 5.73 Å². The highest BCUT2D eigenvalue weighted by Crippen LogP contribution is 2.43. The van der Waals surface area contributed by atoms with Gasteiger partial charge >= 0.3 is 0 Å². The average Bonchev–Trinajstić information content (AvgIpc) is 3.35. The van der Waals surface area contributed by atoms with Gasteiger partial charge in [0.25, 0.3) is 5.91 Å². The van der Waals surface area contributed by atoms with Gasteiger partial charge in [0.2, 0.25) is 5.91 Å². The normalized spacial score (nSPS) is 30.4. The minimum absolute atomic E-state index is 0.0941. The standard InChI is InChI=1S/C29H43N3O4/c1-29(2)35-19-26(36-29)28(34)31(18-20-7-4-3-5-8-20)13-14-32-24-11-12-25(32)17-23(16-24)21-9-6-10-22(15-21)27(30)33/h6,9-10,15,20,23-26H,3-5,7-8,11-14,16-19H2,1-2H3,(H2,30,33)/t23?,24?,25?,26-/m1/s1. The maximum atomic E-state index is 13.5. The summed E-state index contributed by atoms with van der Waals surface area (Å²) in [5.41, 5.74) is 7.36. The monoisotopic (exact) mass is 497 g/mol. The van der Waals surface area contributed by atoms with Gasteiger partial charge in [-0.3, -0.25) is 14.5 Å². The number of nitrogens with zero attached hydrogens (tertiary/aromatic N) is 2. The summed E-state index contributed by atoms with van der Waals surface area (Å²) in [6.07, 6.45) is 10.4. The Bertz CT molecular complexity index is 930. The number of carbonyl (C=O) groups excluding carboxylic acids is 2. The molecule has 0 spiro atoms. The van der Waals surface area contributed by atoms with Gasteiger partial charge < -0.3 is 20.1 Å². The summed E-state index contributed by atoms with van der Waals surface area (Å²) in [7, 11) is 0. The molecule has 36 heavy (non-hydrogen) atoms. The molecule has 4 fully saturated rings. The van der Waals surface area contributed by atoms with Gasteiger partial charge in [-0.1, -0.05) is 31.4 Å². The smallest absolute Gasteiger partial charge is 0.254 e. The number of primary amides is 1. The highest BCUT2D eigenvalue weighted by atomic mass is 16.7. The Labute approximate surface area is 215 Å². The van der Waals surface area contributed by atoms with Crippen LogP contribution in [0.4, 0.5) is 0 Å². The van der Waals surface area contributed by atoms with Gasteiger partial charge in [0.15, 0.2) is 11.9 Å². The van der Waals surface area contributed by atoms with Crippen LogP contribution in [-0.4, -0.2) is 71.8 Å². The molecule has 4 aliphatic rings. The van der Waals surface area contributed by atoms with Crippen molar-refractivity contribution < 1.29 is 19.1 Å². The van der Waals surface area contributed by atoms with Gasteiger partial charge in [-0.05, 0) is 81.9 Å². The van der Waals surface area contributed by atoms with E-state index in [0.29, 0.717) is 36.1 Å². The molecule has 0 radical (unpaired) electrons. The first-order chi connectivity index (χ1) is 17.3. The van der Waals surface area contributed by atoms with Crippen LogP contribution in [0.2, 0.25) is 0 Å². The molecule has 7 nitrogen and oxygen atoms in total. The number of amides is 2. The van der Waals surface area contributed by atoms with E-state index in [0.717, 1.165) is 32.5 Å².